The van der Waals surface area contributed by atoms with Crippen LogP contribution in [0.4, 0.5) is 0 Å². The Morgan fingerprint density at radius 1 is 0.731 bits per heavy atom. The molecule has 3 aromatic carbocycles. The predicted molar refractivity (Wildman–Crippen MR) is 116 cm³/mol. The van der Waals surface area contributed by atoms with Gasteiger partial charge in [-0.05, 0) is 35.0 Å². The van der Waals surface area contributed by atoms with Crippen molar-refractivity contribution < 1.29 is 4.79 Å². The minimum Gasteiger partial charge on any atom is -0.295 e. The van der Waals surface area contributed by atoms with Crippen LogP contribution in [0.25, 0.3) is 0 Å². The molecule has 3 aromatic rings. The molecule has 0 unspecified atom stereocenters. The number of benzene rings is 3. The number of carbonyl (C=O) groups excluding carboxylic acids is 1. The summed E-state index contributed by atoms with van der Waals surface area (Å²) < 4.78 is 0. The highest BCUT2D eigenvalue weighted by molar-refractivity contribution is 7.95. The third kappa shape index (κ3) is 3.89. The molecule has 0 radical (unpaired) electrons. The molecule has 0 bridgehead atoms. The average Bonchev–Trinajstić information content (AvgIpc) is 2.72. The highest BCUT2D eigenvalue weighted by atomic mass is 31.2. The lowest BCUT2D eigenvalue weighted by molar-refractivity contribution is -0.112. The number of hydrogen-bond donors (Lipinski definition) is 0. The van der Waals surface area contributed by atoms with Crippen LogP contribution in [-0.4, -0.2) is 11.6 Å². The molecule has 0 fully saturated rings. The molecule has 0 aliphatic rings. The van der Waals surface area contributed by atoms with E-state index >= 15 is 0 Å². The number of hydrogen-bond acceptors (Lipinski definition) is 1. The maximum Gasteiger partial charge on any atom is 0.156 e. The molecule has 0 atom stereocenters. The molecule has 3 rings (SSSR count). The van der Waals surface area contributed by atoms with Crippen LogP contribution in [0, 0.1) is 0 Å². The van der Waals surface area contributed by atoms with Crippen molar-refractivity contribution in [3.63, 3.8) is 0 Å². The van der Waals surface area contributed by atoms with Crippen molar-refractivity contribution in [2.45, 2.75) is 26.2 Å². The lowest BCUT2D eigenvalue weighted by Crippen LogP contribution is -2.28. The molecule has 0 aliphatic carbocycles. The van der Waals surface area contributed by atoms with Gasteiger partial charge in [-0.3, -0.25) is 4.79 Å². The first kappa shape index (κ1) is 18.4. The van der Waals surface area contributed by atoms with E-state index in [4.69, 9.17) is 0 Å². The molecule has 26 heavy (non-hydrogen) atoms. The summed E-state index contributed by atoms with van der Waals surface area (Å²) in [5, 5.41) is 3.67. The fourth-order valence-electron chi connectivity index (χ4n) is 3.29. The molecular formula is C24H25OP. The van der Waals surface area contributed by atoms with E-state index in [1.807, 2.05) is 24.0 Å². The Bertz CT molecular complexity index is 780. The van der Waals surface area contributed by atoms with Crippen LogP contribution >= 0.6 is 6.89 Å². The van der Waals surface area contributed by atoms with Gasteiger partial charge in [0.1, 0.15) is 0 Å². The monoisotopic (exact) mass is 360 g/mol. The van der Waals surface area contributed by atoms with Gasteiger partial charge < -0.3 is 0 Å². The fraction of sp³-hybridized carbons (Fsp3) is 0.167. The molecule has 0 aromatic heterocycles. The second kappa shape index (κ2) is 8.83. The summed E-state index contributed by atoms with van der Waals surface area (Å²) >= 11 is 0. The third-order valence-electron chi connectivity index (χ3n) is 4.60. The molecule has 0 heterocycles. The van der Waals surface area contributed by atoms with E-state index in [1.54, 1.807) is 0 Å². The minimum atomic E-state index is -2.12. The first-order valence-electron chi connectivity index (χ1n) is 9.21. The van der Waals surface area contributed by atoms with Gasteiger partial charge >= 0.3 is 0 Å². The summed E-state index contributed by atoms with van der Waals surface area (Å²) in [6.45, 7) is 0.00214. The highest BCUT2D eigenvalue weighted by Crippen LogP contribution is 2.43. The Balaban J connectivity index is 2.32. The van der Waals surface area contributed by atoms with E-state index in [1.165, 1.54) is 15.9 Å². The molecule has 0 aliphatic heterocycles. The summed E-state index contributed by atoms with van der Waals surface area (Å²) in [7, 11) is 0. The zero-order chi connectivity index (χ0) is 18.2. The third-order valence-corrected chi connectivity index (χ3v) is 8.62. The van der Waals surface area contributed by atoms with Gasteiger partial charge in [-0.2, -0.15) is 0 Å². The lowest BCUT2D eigenvalue weighted by Gasteiger charge is -2.28. The van der Waals surface area contributed by atoms with Crippen LogP contribution in [0.15, 0.2) is 91.0 Å². The normalized spacial score (nSPS) is 11.1. The quantitative estimate of drug-likeness (QED) is 0.565. The summed E-state index contributed by atoms with van der Waals surface area (Å²) in [6.07, 6.45) is 2.59. The maximum atomic E-state index is 12.9. The smallest absolute Gasteiger partial charge is 0.156 e. The van der Waals surface area contributed by atoms with Crippen molar-refractivity contribution in [3.05, 3.63) is 91.0 Å². The molecular weight excluding hydrogens is 335 g/mol. The van der Waals surface area contributed by atoms with Crippen LogP contribution in [0.3, 0.4) is 0 Å². The predicted octanol–water partition coefficient (Wildman–Crippen LogP) is 4.54. The molecule has 1 nitrogen and oxygen atoms in total. The molecule has 0 N–H and O–H groups in total. The van der Waals surface area contributed by atoms with Crippen LogP contribution < -0.4 is 15.9 Å². The SMILES string of the molecule is CCCCC(=O)C=P(c1ccccc1)(c1ccccc1)c1ccccc1. The molecule has 2 heteroatoms. The van der Waals surface area contributed by atoms with E-state index in [2.05, 4.69) is 79.7 Å². The zero-order valence-electron chi connectivity index (χ0n) is 15.2. The standard InChI is InChI=1S/C24H25OP/c1-2-3-13-21(25)20-26(22-14-7-4-8-15-22,23-16-9-5-10-17-23)24-18-11-6-12-19-24/h4-12,14-20H,2-3,13H2,1H3. The minimum absolute atomic E-state index is 0.247. The number of carbonyl (C=O) groups is 1. The largest absolute Gasteiger partial charge is 0.295 e. The molecule has 0 saturated carbocycles. The van der Waals surface area contributed by atoms with Crippen molar-refractivity contribution in [2.24, 2.45) is 0 Å². The molecule has 0 spiro atoms. The van der Waals surface area contributed by atoms with Gasteiger partial charge in [-0.15, -0.1) is 0 Å². The number of unbranched alkanes of at least 4 members (excludes halogenated alkanes) is 1. The van der Waals surface area contributed by atoms with Gasteiger partial charge in [0.25, 0.3) is 0 Å². The average molecular weight is 360 g/mol. The van der Waals surface area contributed by atoms with E-state index in [0.29, 0.717) is 6.42 Å². The van der Waals surface area contributed by atoms with Gasteiger partial charge in [-0.25, -0.2) is 0 Å². The zero-order valence-corrected chi connectivity index (χ0v) is 16.1. The van der Waals surface area contributed by atoms with E-state index in [0.717, 1.165) is 12.8 Å². The molecule has 0 amide bonds. The molecule has 132 valence electrons. The lowest BCUT2D eigenvalue weighted by atomic mass is 10.2. The van der Waals surface area contributed by atoms with Gasteiger partial charge in [0.2, 0.25) is 0 Å². The second-order valence-corrected chi connectivity index (χ2v) is 9.68. The summed E-state index contributed by atoms with van der Waals surface area (Å²) in [5.41, 5.74) is 0. The summed E-state index contributed by atoms with van der Waals surface area (Å²) in [5.74, 6) is 2.29. The van der Waals surface area contributed by atoms with Crippen LogP contribution in [0.5, 0.6) is 0 Å². The summed E-state index contributed by atoms with van der Waals surface area (Å²) in [6, 6.07) is 31.5. The number of rotatable bonds is 7. The summed E-state index contributed by atoms with van der Waals surface area (Å²) in [4.78, 5) is 12.9. The van der Waals surface area contributed by atoms with Crippen molar-refractivity contribution in [1.82, 2.24) is 0 Å². The van der Waals surface area contributed by atoms with Crippen LogP contribution in [-0.2, 0) is 4.79 Å². The van der Waals surface area contributed by atoms with Crippen LogP contribution in [0.1, 0.15) is 26.2 Å². The fourth-order valence-corrected chi connectivity index (χ4v) is 7.12. The Kier molecular flexibility index (Phi) is 6.26. The van der Waals surface area contributed by atoms with Gasteiger partial charge in [0.15, 0.2) is 5.78 Å². The first-order valence-corrected chi connectivity index (χ1v) is 11.1. The number of ketones is 1. The van der Waals surface area contributed by atoms with E-state index < -0.39 is 6.89 Å². The Labute approximate surface area is 156 Å². The van der Waals surface area contributed by atoms with Crippen molar-refractivity contribution in [2.75, 3.05) is 0 Å². The highest BCUT2D eigenvalue weighted by Gasteiger charge is 2.25. The second-order valence-electron chi connectivity index (χ2n) is 6.43. The van der Waals surface area contributed by atoms with Crippen molar-refractivity contribution >= 4 is 34.4 Å². The Hall–Kier alpha value is -2.37. The maximum absolute atomic E-state index is 12.9. The Morgan fingerprint density at radius 3 is 1.46 bits per heavy atom. The van der Waals surface area contributed by atoms with Gasteiger partial charge in [0.05, 0.1) is 0 Å². The van der Waals surface area contributed by atoms with Crippen molar-refractivity contribution in [1.29, 1.82) is 0 Å². The van der Waals surface area contributed by atoms with Gasteiger partial charge in [-0.1, -0.05) is 104 Å². The van der Waals surface area contributed by atoms with E-state index in [-0.39, 0.29) is 5.78 Å². The van der Waals surface area contributed by atoms with Gasteiger partial charge in [0, 0.05) is 6.42 Å². The van der Waals surface area contributed by atoms with Crippen molar-refractivity contribution in [3.8, 4) is 0 Å². The topological polar surface area (TPSA) is 17.1 Å². The Morgan fingerprint density at radius 2 is 1.12 bits per heavy atom. The van der Waals surface area contributed by atoms with E-state index in [9.17, 15) is 4.79 Å². The molecule has 0 saturated heterocycles. The number of Topliss-reactive ketones (excluding diaryl/α,β-unsaturated/α-hetero) is 1. The van der Waals surface area contributed by atoms with Crippen LogP contribution in [0.2, 0.25) is 0 Å². The first-order chi connectivity index (χ1) is 12.8.